The quantitative estimate of drug-likeness (QED) is 0.458. The van der Waals surface area contributed by atoms with Gasteiger partial charge in [0, 0.05) is 5.69 Å². The molecule has 0 aliphatic heterocycles. The van der Waals surface area contributed by atoms with Gasteiger partial charge in [-0.3, -0.25) is 0 Å². The molecule has 2 aliphatic carbocycles. The summed E-state index contributed by atoms with van der Waals surface area (Å²) in [5.41, 5.74) is 8.81. The van der Waals surface area contributed by atoms with Crippen LogP contribution in [0.4, 0.5) is 5.69 Å². The first-order valence-corrected chi connectivity index (χ1v) is 7.35. The molecule has 0 radical (unpaired) electrons. The van der Waals surface area contributed by atoms with Gasteiger partial charge in [-0.15, -0.1) is 24.0 Å². The smallest absolute Gasteiger partial charge is 0.193 e. The van der Waals surface area contributed by atoms with Gasteiger partial charge in [0.2, 0.25) is 0 Å². The first kappa shape index (κ1) is 15.6. The van der Waals surface area contributed by atoms with Crippen LogP contribution in [-0.4, -0.2) is 12.0 Å². The lowest BCUT2D eigenvalue weighted by Gasteiger charge is -2.45. The summed E-state index contributed by atoms with van der Waals surface area (Å²) >= 11 is 0. The van der Waals surface area contributed by atoms with E-state index in [0.29, 0.717) is 17.4 Å². The zero-order valence-corrected chi connectivity index (χ0v) is 14.4. The van der Waals surface area contributed by atoms with E-state index in [2.05, 4.69) is 24.4 Å². The van der Waals surface area contributed by atoms with Crippen molar-refractivity contribution in [2.24, 2.45) is 16.1 Å². The van der Waals surface area contributed by atoms with Crippen LogP contribution >= 0.6 is 24.0 Å². The summed E-state index contributed by atoms with van der Waals surface area (Å²) in [7, 11) is 0. The van der Waals surface area contributed by atoms with Gasteiger partial charge in [0.05, 0.1) is 6.04 Å². The molecule has 3 N–H and O–H groups in total. The summed E-state index contributed by atoms with van der Waals surface area (Å²) in [6, 6.07) is 8.69. The Labute approximate surface area is 138 Å². The Morgan fingerprint density at radius 3 is 2.65 bits per heavy atom. The normalized spacial score (nSPS) is 24.1. The van der Waals surface area contributed by atoms with E-state index >= 15 is 0 Å². The van der Waals surface area contributed by atoms with E-state index in [1.54, 1.807) is 0 Å². The zero-order chi connectivity index (χ0) is 13.3. The summed E-state index contributed by atoms with van der Waals surface area (Å²) in [6.45, 7) is 2.08. The van der Waals surface area contributed by atoms with Crippen LogP contribution in [-0.2, 0) is 0 Å². The van der Waals surface area contributed by atoms with E-state index in [0.717, 1.165) is 5.69 Å². The molecule has 1 aromatic rings. The van der Waals surface area contributed by atoms with Gasteiger partial charge in [0.25, 0.3) is 0 Å². The molecule has 1 unspecified atom stereocenters. The second-order valence-corrected chi connectivity index (χ2v) is 6.13. The van der Waals surface area contributed by atoms with Crippen LogP contribution in [0.25, 0.3) is 0 Å². The third kappa shape index (κ3) is 3.10. The standard InChI is InChI=1S/C16H23N3.HI/c1-12-5-4-6-13(11-12)18-15(17)19-14-7-10-16(14)8-2-3-9-16;/h4-6,11,14H,2-3,7-10H2,1H3,(H3,17,18,19);1H. The molecule has 3 rings (SSSR count). The maximum Gasteiger partial charge on any atom is 0.193 e. The van der Waals surface area contributed by atoms with Gasteiger partial charge in [-0.25, -0.2) is 4.99 Å². The monoisotopic (exact) mass is 385 g/mol. The minimum Gasteiger partial charge on any atom is -0.370 e. The molecule has 2 aliphatic rings. The zero-order valence-electron chi connectivity index (χ0n) is 12.1. The fraction of sp³-hybridized carbons (Fsp3) is 0.562. The molecule has 0 amide bonds. The summed E-state index contributed by atoms with van der Waals surface area (Å²) in [4.78, 5) is 4.73. The molecule has 0 aromatic heterocycles. The first-order chi connectivity index (χ1) is 9.18. The molecule has 2 saturated carbocycles. The van der Waals surface area contributed by atoms with E-state index < -0.39 is 0 Å². The lowest BCUT2D eigenvalue weighted by molar-refractivity contribution is 0.104. The highest BCUT2D eigenvalue weighted by molar-refractivity contribution is 14.0. The Kier molecular flexibility index (Phi) is 4.94. The summed E-state index contributed by atoms with van der Waals surface area (Å²) in [5.74, 6) is 0.571. The highest BCUT2D eigenvalue weighted by atomic mass is 127. The van der Waals surface area contributed by atoms with Gasteiger partial charge in [0.15, 0.2) is 5.96 Å². The second kappa shape index (κ2) is 6.33. The minimum atomic E-state index is 0. The average Bonchev–Trinajstić information content (AvgIpc) is 2.86. The first-order valence-electron chi connectivity index (χ1n) is 7.35. The molecule has 1 aromatic carbocycles. The van der Waals surface area contributed by atoms with Gasteiger partial charge in [-0.2, -0.15) is 0 Å². The number of aliphatic imine (C=N–C) groups is 1. The largest absolute Gasteiger partial charge is 0.370 e. The molecule has 1 atom stereocenters. The number of anilines is 1. The van der Waals surface area contributed by atoms with Gasteiger partial charge >= 0.3 is 0 Å². The van der Waals surface area contributed by atoms with Gasteiger partial charge in [-0.1, -0.05) is 25.0 Å². The van der Waals surface area contributed by atoms with E-state index in [1.807, 2.05) is 12.1 Å². The van der Waals surface area contributed by atoms with Crippen molar-refractivity contribution in [1.29, 1.82) is 0 Å². The Morgan fingerprint density at radius 1 is 1.30 bits per heavy atom. The molecule has 2 fully saturated rings. The number of benzene rings is 1. The summed E-state index contributed by atoms with van der Waals surface area (Å²) < 4.78 is 0. The number of rotatable bonds is 2. The van der Waals surface area contributed by atoms with Gasteiger partial charge < -0.3 is 11.1 Å². The average molecular weight is 385 g/mol. The predicted octanol–water partition coefficient (Wildman–Crippen LogP) is 4.06. The van der Waals surface area contributed by atoms with Gasteiger partial charge in [0.1, 0.15) is 0 Å². The van der Waals surface area contributed by atoms with Crippen molar-refractivity contribution >= 4 is 35.6 Å². The van der Waals surface area contributed by atoms with E-state index in [-0.39, 0.29) is 24.0 Å². The predicted molar refractivity (Wildman–Crippen MR) is 95.8 cm³/mol. The summed E-state index contributed by atoms with van der Waals surface area (Å²) in [6.07, 6.45) is 7.99. The van der Waals surface area contributed by atoms with Crippen LogP contribution in [0.15, 0.2) is 29.3 Å². The van der Waals surface area contributed by atoms with Crippen LogP contribution in [0.2, 0.25) is 0 Å². The van der Waals surface area contributed by atoms with Crippen molar-refractivity contribution in [3.63, 3.8) is 0 Å². The van der Waals surface area contributed by atoms with Crippen LogP contribution in [0.3, 0.4) is 0 Å². The Morgan fingerprint density at radius 2 is 2.05 bits per heavy atom. The highest BCUT2D eigenvalue weighted by Crippen LogP contribution is 2.54. The molecule has 3 nitrogen and oxygen atoms in total. The number of aryl methyl sites for hydroxylation is 1. The van der Waals surface area contributed by atoms with Crippen LogP contribution in [0, 0.1) is 12.3 Å². The topological polar surface area (TPSA) is 50.4 Å². The van der Waals surface area contributed by atoms with Crippen molar-refractivity contribution < 1.29 is 0 Å². The fourth-order valence-corrected chi connectivity index (χ4v) is 3.62. The second-order valence-electron chi connectivity index (χ2n) is 6.13. The van der Waals surface area contributed by atoms with Crippen molar-refractivity contribution in [2.45, 2.75) is 51.5 Å². The van der Waals surface area contributed by atoms with E-state index in [1.165, 1.54) is 44.1 Å². The molecule has 4 heteroatoms. The lowest BCUT2D eigenvalue weighted by atomic mass is 9.63. The van der Waals surface area contributed by atoms with Crippen LogP contribution in [0.1, 0.15) is 44.1 Å². The molecule has 0 bridgehead atoms. The van der Waals surface area contributed by atoms with Crippen LogP contribution < -0.4 is 11.1 Å². The molecule has 20 heavy (non-hydrogen) atoms. The van der Waals surface area contributed by atoms with Gasteiger partial charge in [-0.05, 0) is 55.7 Å². The Bertz CT molecular complexity index is 492. The maximum absolute atomic E-state index is 6.06. The fourth-order valence-electron chi connectivity index (χ4n) is 3.62. The van der Waals surface area contributed by atoms with E-state index in [9.17, 15) is 0 Å². The number of hydrogen-bond donors (Lipinski definition) is 2. The van der Waals surface area contributed by atoms with Crippen molar-refractivity contribution in [3.05, 3.63) is 29.8 Å². The van der Waals surface area contributed by atoms with Crippen molar-refractivity contribution in [1.82, 2.24) is 0 Å². The number of guanidine groups is 1. The number of halogens is 1. The van der Waals surface area contributed by atoms with E-state index in [4.69, 9.17) is 10.7 Å². The third-order valence-electron chi connectivity index (χ3n) is 4.81. The molecular formula is C16H24IN3. The lowest BCUT2D eigenvalue weighted by Crippen LogP contribution is -2.43. The molecule has 0 saturated heterocycles. The van der Waals surface area contributed by atoms with Crippen LogP contribution in [0.5, 0.6) is 0 Å². The minimum absolute atomic E-state index is 0. The molecule has 1 spiro atoms. The Balaban J connectivity index is 0.00000147. The SMILES string of the molecule is Cc1cccc(NC(N)=NC2CCC23CCCC3)c1.I. The van der Waals surface area contributed by atoms with Crippen molar-refractivity contribution in [2.75, 3.05) is 5.32 Å². The highest BCUT2D eigenvalue weighted by Gasteiger charge is 2.48. The molecular weight excluding hydrogens is 361 g/mol. The Hall–Kier alpha value is -0.780. The number of nitrogens with zero attached hydrogens (tertiary/aromatic N) is 1. The summed E-state index contributed by atoms with van der Waals surface area (Å²) in [5, 5.41) is 3.22. The maximum atomic E-state index is 6.06. The van der Waals surface area contributed by atoms with Crippen molar-refractivity contribution in [3.8, 4) is 0 Å². The molecule has 0 heterocycles. The number of nitrogens with two attached hydrogens (primary N) is 1. The number of nitrogens with one attached hydrogen (secondary N) is 1. The molecule has 110 valence electrons. The number of hydrogen-bond acceptors (Lipinski definition) is 1. The third-order valence-corrected chi connectivity index (χ3v) is 4.81.